The van der Waals surface area contributed by atoms with Crippen molar-refractivity contribution in [3.8, 4) is 0 Å². The number of nitrogens with one attached hydrogen (secondary N) is 1. The van der Waals surface area contributed by atoms with Crippen molar-refractivity contribution in [2.45, 2.75) is 33.0 Å². The number of halogens is 2. The van der Waals surface area contributed by atoms with E-state index >= 15 is 0 Å². The first kappa shape index (κ1) is 13.6. The highest BCUT2D eigenvalue weighted by molar-refractivity contribution is 5.18. The monoisotopic (exact) mass is 266 g/mol. The Hall–Kier alpha value is -1.82. The van der Waals surface area contributed by atoms with Crippen LogP contribution in [0.4, 0.5) is 8.78 Å². The number of nitrogens with zero attached hydrogens (tertiary/aromatic N) is 3. The minimum absolute atomic E-state index is 0.237. The van der Waals surface area contributed by atoms with Crippen LogP contribution >= 0.6 is 0 Å². The second kappa shape index (κ2) is 5.88. The Kier molecular flexibility index (Phi) is 4.21. The van der Waals surface area contributed by atoms with Gasteiger partial charge < -0.3 is 5.32 Å². The number of hydrogen-bond donors (Lipinski definition) is 1. The van der Waals surface area contributed by atoms with E-state index in [0.29, 0.717) is 18.2 Å². The Bertz CT molecular complexity index is 551. The zero-order valence-corrected chi connectivity index (χ0v) is 10.9. The zero-order valence-electron chi connectivity index (χ0n) is 10.9. The summed E-state index contributed by atoms with van der Waals surface area (Å²) in [5, 5.41) is 11.1. The van der Waals surface area contributed by atoms with Crippen molar-refractivity contribution >= 4 is 0 Å². The largest absolute Gasteiger partial charge is 0.309 e. The number of hydrogen-bond acceptors (Lipinski definition) is 3. The highest BCUT2D eigenvalue weighted by Gasteiger charge is 2.07. The van der Waals surface area contributed by atoms with E-state index in [2.05, 4.69) is 15.6 Å². The average molecular weight is 266 g/mol. The first-order chi connectivity index (χ1) is 9.04. The maximum atomic E-state index is 13.5. The smallest absolute Gasteiger partial charge is 0.131 e. The second-order valence-electron chi connectivity index (χ2n) is 4.68. The molecule has 0 spiro atoms. The molecule has 2 aromatic rings. The quantitative estimate of drug-likeness (QED) is 0.901. The van der Waals surface area contributed by atoms with Crippen molar-refractivity contribution in [3.05, 3.63) is 47.3 Å². The first-order valence-electron chi connectivity index (χ1n) is 6.11. The topological polar surface area (TPSA) is 42.7 Å². The number of rotatable bonds is 5. The van der Waals surface area contributed by atoms with E-state index in [0.717, 1.165) is 11.8 Å². The van der Waals surface area contributed by atoms with Gasteiger partial charge in [-0.25, -0.2) is 13.5 Å². The maximum absolute atomic E-state index is 13.5. The molecule has 1 N–H and O–H groups in total. The molecule has 0 fully saturated rings. The van der Waals surface area contributed by atoms with Crippen LogP contribution in [0.3, 0.4) is 0 Å². The van der Waals surface area contributed by atoms with Crippen LogP contribution in [0.15, 0.2) is 24.4 Å². The summed E-state index contributed by atoms with van der Waals surface area (Å²) in [5.74, 6) is -1.15. The van der Waals surface area contributed by atoms with Crippen LogP contribution in [0.2, 0.25) is 0 Å². The molecule has 2 rings (SSSR count). The van der Waals surface area contributed by atoms with E-state index in [1.165, 1.54) is 16.8 Å². The molecule has 0 unspecified atom stereocenters. The van der Waals surface area contributed by atoms with Crippen molar-refractivity contribution in [2.24, 2.45) is 0 Å². The Balaban J connectivity index is 2.03. The SMILES string of the molecule is CC(C)NCc1cn(Cc2ccc(F)cc2F)nn1. The summed E-state index contributed by atoms with van der Waals surface area (Å²) in [7, 11) is 0. The molecule has 0 aliphatic carbocycles. The molecule has 1 aromatic carbocycles. The molecule has 0 amide bonds. The highest BCUT2D eigenvalue weighted by atomic mass is 19.1. The molecule has 4 nitrogen and oxygen atoms in total. The van der Waals surface area contributed by atoms with Gasteiger partial charge in [0.05, 0.1) is 18.4 Å². The van der Waals surface area contributed by atoms with Gasteiger partial charge in [0.25, 0.3) is 0 Å². The van der Waals surface area contributed by atoms with Crippen LogP contribution in [-0.2, 0) is 13.1 Å². The van der Waals surface area contributed by atoms with Crippen LogP contribution < -0.4 is 5.32 Å². The zero-order chi connectivity index (χ0) is 13.8. The van der Waals surface area contributed by atoms with Crippen molar-refractivity contribution in [1.82, 2.24) is 20.3 Å². The van der Waals surface area contributed by atoms with E-state index in [-0.39, 0.29) is 6.54 Å². The summed E-state index contributed by atoms with van der Waals surface area (Å²) in [6.45, 7) is 4.93. The molecular formula is C13H16F2N4. The number of aromatic nitrogens is 3. The van der Waals surface area contributed by atoms with Gasteiger partial charge in [-0.05, 0) is 6.07 Å². The van der Waals surface area contributed by atoms with E-state index in [4.69, 9.17) is 0 Å². The van der Waals surface area contributed by atoms with E-state index in [1.807, 2.05) is 13.8 Å². The van der Waals surface area contributed by atoms with Crippen molar-refractivity contribution in [3.63, 3.8) is 0 Å². The van der Waals surface area contributed by atoms with Gasteiger partial charge in [0, 0.05) is 24.2 Å². The summed E-state index contributed by atoms with van der Waals surface area (Å²) >= 11 is 0. The molecule has 1 heterocycles. The van der Waals surface area contributed by atoms with E-state index in [1.54, 1.807) is 6.20 Å². The van der Waals surface area contributed by atoms with Crippen molar-refractivity contribution < 1.29 is 8.78 Å². The van der Waals surface area contributed by atoms with Gasteiger partial charge in [-0.15, -0.1) is 5.10 Å². The molecule has 1 aromatic heterocycles. The lowest BCUT2D eigenvalue weighted by atomic mass is 10.2. The van der Waals surface area contributed by atoms with Crippen LogP contribution in [0.5, 0.6) is 0 Å². The minimum Gasteiger partial charge on any atom is -0.309 e. The standard InChI is InChI=1S/C13H16F2N4/c1-9(2)16-6-12-8-19(18-17-12)7-10-3-4-11(14)5-13(10)15/h3-5,8-9,16H,6-7H2,1-2H3. The third-order valence-corrected chi connectivity index (χ3v) is 2.62. The molecular weight excluding hydrogens is 250 g/mol. The molecule has 0 atom stereocenters. The summed E-state index contributed by atoms with van der Waals surface area (Å²) in [6, 6.07) is 3.88. The van der Waals surface area contributed by atoms with Crippen LogP contribution in [0.25, 0.3) is 0 Å². The average Bonchev–Trinajstić information content (AvgIpc) is 2.78. The summed E-state index contributed by atoms with van der Waals surface area (Å²) in [6.07, 6.45) is 1.75. The second-order valence-corrected chi connectivity index (χ2v) is 4.68. The predicted molar refractivity (Wildman–Crippen MR) is 67.5 cm³/mol. The van der Waals surface area contributed by atoms with Gasteiger partial charge in [0.2, 0.25) is 0 Å². The van der Waals surface area contributed by atoms with E-state index < -0.39 is 11.6 Å². The van der Waals surface area contributed by atoms with Gasteiger partial charge in [0.15, 0.2) is 0 Å². The lowest BCUT2D eigenvalue weighted by molar-refractivity contribution is 0.554. The lowest BCUT2D eigenvalue weighted by Crippen LogP contribution is -2.21. The first-order valence-corrected chi connectivity index (χ1v) is 6.11. The van der Waals surface area contributed by atoms with Crippen LogP contribution in [-0.4, -0.2) is 21.0 Å². The molecule has 0 bridgehead atoms. The molecule has 0 aliphatic heterocycles. The summed E-state index contributed by atoms with van der Waals surface area (Å²) in [5.41, 5.74) is 1.17. The van der Waals surface area contributed by atoms with Crippen LogP contribution in [0.1, 0.15) is 25.1 Å². The van der Waals surface area contributed by atoms with Crippen molar-refractivity contribution in [1.29, 1.82) is 0 Å². The lowest BCUT2D eigenvalue weighted by Gasteiger charge is -2.04. The molecule has 102 valence electrons. The minimum atomic E-state index is -0.582. The molecule has 0 radical (unpaired) electrons. The Labute approximate surface area is 110 Å². The number of benzene rings is 1. The predicted octanol–water partition coefficient (Wildman–Crippen LogP) is 2.10. The normalized spacial score (nSPS) is 11.2. The van der Waals surface area contributed by atoms with Crippen molar-refractivity contribution in [2.75, 3.05) is 0 Å². The molecule has 0 saturated carbocycles. The third-order valence-electron chi connectivity index (χ3n) is 2.62. The highest BCUT2D eigenvalue weighted by Crippen LogP contribution is 2.10. The van der Waals surface area contributed by atoms with Gasteiger partial charge in [-0.1, -0.05) is 25.1 Å². The van der Waals surface area contributed by atoms with Gasteiger partial charge >= 0.3 is 0 Å². The maximum Gasteiger partial charge on any atom is 0.131 e. The molecule has 0 aliphatic rings. The Morgan fingerprint density at radius 2 is 2.11 bits per heavy atom. The fraction of sp³-hybridized carbons (Fsp3) is 0.385. The molecule has 19 heavy (non-hydrogen) atoms. The molecule has 6 heteroatoms. The van der Waals surface area contributed by atoms with Crippen LogP contribution in [0, 0.1) is 11.6 Å². The Morgan fingerprint density at radius 1 is 1.32 bits per heavy atom. The fourth-order valence-corrected chi connectivity index (χ4v) is 1.63. The molecule has 0 saturated heterocycles. The van der Waals surface area contributed by atoms with Gasteiger partial charge in [0.1, 0.15) is 11.6 Å². The van der Waals surface area contributed by atoms with Gasteiger partial charge in [-0.3, -0.25) is 0 Å². The Morgan fingerprint density at radius 3 is 2.79 bits per heavy atom. The van der Waals surface area contributed by atoms with Gasteiger partial charge in [-0.2, -0.15) is 0 Å². The third kappa shape index (κ3) is 3.82. The summed E-state index contributed by atoms with van der Waals surface area (Å²) in [4.78, 5) is 0. The van der Waals surface area contributed by atoms with E-state index in [9.17, 15) is 8.78 Å². The fourth-order valence-electron chi connectivity index (χ4n) is 1.63. The summed E-state index contributed by atoms with van der Waals surface area (Å²) < 4.78 is 27.8.